The van der Waals surface area contributed by atoms with Crippen LogP contribution in [0.1, 0.15) is 46.1 Å². The predicted molar refractivity (Wildman–Crippen MR) is 97.8 cm³/mol. The molecule has 0 aliphatic rings. The number of esters is 1. The van der Waals surface area contributed by atoms with Crippen molar-refractivity contribution < 1.29 is 14.3 Å². The van der Waals surface area contributed by atoms with Crippen LogP contribution in [-0.2, 0) is 20.8 Å². The average molecular weight is 335 g/mol. The molecule has 0 aliphatic heterocycles. The highest BCUT2D eigenvalue weighted by Gasteiger charge is 2.28. The summed E-state index contributed by atoms with van der Waals surface area (Å²) in [5, 5.41) is 0. The molecule has 0 aromatic heterocycles. The van der Waals surface area contributed by atoms with Crippen LogP contribution in [0.3, 0.4) is 0 Å². The second-order valence-electron chi connectivity index (χ2n) is 7.38. The van der Waals surface area contributed by atoms with Crippen LogP contribution in [0.15, 0.2) is 30.3 Å². The summed E-state index contributed by atoms with van der Waals surface area (Å²) in [5.41, 5.74) is 0.818. The van der Waals surface area contributed by atoms with Gasteiger partial charge in [0.25, 0.3) is 0 Å². The van der Waals surface area contributed by atoms with Gasteiger partial charge in [-0.25, -0.2) is 0 Å². The van der Waals surface area contributed by atoms with E-state index in [-0.39, 0.29) is 17.9 Å². The summed E-state index contributed by atoms with van der Waals surface area (Å²) in [6, 6.07) is 10.6. The zero-order valence-electron chi connectivity index (χ0n) is 16.0. The Kier molecular flexibility index (Phi) is 8.43. The van der Waals surface area contributed by atoms with E-state index in [1.165, 1.54) is 5.56 Å². The van der Waals surface area contributed by atoms with E-state index in [1.54, 1.807) is 7.11 Å². The summed E-state index contributed by atoms with van der Waals surface area (Å²) in [4.78, 5) is 14.6. The van der Waals surface area contributed by atoms with Crippen LogP contribution in [0, 0.1) is 5.92 Å². The molecule has 1 rings (SSSR count). The van der Waals surface area contributed by atoms with Crippen LogP contribution in [0.4, 0.5) is 0 Å². The molecule has 0 aliphatic carbocycles. The molecule has 0 spiro atoms. The highest BCUT2D eigenvalue weighted by Crippen LogP contribution is 2.22. The minimum absolute atomic E-state index is 0.114. The Morgan fingerprint density at radius 2 is 1.83 bits per heavy atom. The molecule has 4 nitrogen and oxygen atoms in total. The minimum atomic E-state index is -0.452. The number of hydrogen-bond donors (Lipinski definition) is 0. The highest BCUT2D eigenvalue weighted by atomic mass is 16.6. The third-order valence-electron chi connectivity index (χ3n) is 4.03. The van der Waals surface area contributed by atoms with Gasteiger partial charge in [0, 0.05) is 25.6 Å². The number of benzene rings is 1. The van der Waals surface area contributed by atoms with E-state index >= 15 is 0 Å². The molecule has 0 saturated heterocycles. The highest BCUT2D eigenvalue weighted by molar-refractivity contribution is 5.70. The quantitative estimate of drug-likeness (QED) is 0.642. The summed E-state index contributed by atoms with van der Waals surface area (Å²) >= 11 is 0. The normalized spacial score (nSPS) is 14.5. The maximum Gasteiger partial charge on any atom is 0.306 e. The van der Waals surface area contributed by atoms with Crippen molar-refractivity contribution in [2.24, 2.45) is 5.92 Å². The van der Waals surface area contributed by atoms with Gasteiger partial charge in [0.2, 0.25) is 0 Å². The van der Waals surface area contributed by atoms with Gasteiger partial charge in [-0.05, 0) is 39.8 Å². The second kappa shape index (κ2) is 9.80. The molecule has 0 radical (unpaired) electrons. The Morgan fingerprint density at radius 1 is 1.21 bits per heavy atom. The lowest BCUT2D eigenvalue weighted by molar-refractivity contribution is -0.157. The van der Waals surface area contributed by atoms with Crippen LogP contribution >= 0.6 is 0 Å². The largest absolute Gasteiger partial charge is 0.460 e. The first kappa shape index (κ1) is 20.7. The zero-order valence-corrected chi connectivity index (χ0v) is 16.0. The Balaban J connectivity index is 2.76. The fourth-order valence-electron chi connectivity index (χ4n) is 3.11. The van der Waals surface area contributed by atoms with Gasteiger partial charge >= 0.3 is 5.97 Å². The van der Waals surface area contributed by atoms with Crippen LogP contribution in [0.5, 0.6) is 0 Å². The summed E-state index contributed by atoms with van der Waals surface area (Å²) in [6.07, 6.45) is 1.34. The van der Waals surface area contributed by atoms with Gasteiger partial charge in [-0.15, -0.1) is 0 Å². The molecule has 0 fully saturated rings. The smallest absolute Gasteiger partial charge is 0.306 e. The fraction of sp³-hybridized carbons (Fsp3) is 0.650. The molecule has 0 N–H and O–H groups in total. The van der Waals surface area contributed by atoms with Gasteiger partial charge in [0.1, 0.15) is 5.60 Å². The molecule has 2 unspecified atom stereocenters. The molecule has 0 bridgehead atoms. The molecule has 0 amide bonds. The number of ether oxygens (including phenoxy) is 2. The van der Waals surface area contributed by atoms with Gasteiger partial charge in [0.15, 0.2) is 0 Å². The van der Waals surface area contributed by atoms with Crippen LogP contribution in [-0.4, -0.2) is 43.3 Å². The van der Waals surface area contributed by atoms with E-state index in [1.807, 2.05) is 26.8 Å². The van der Waals surface area contributed by atoms with Crippen LogP contribution in [0.25, 0.3) is 0 Å². The Hall–Kier alpha value is -1.39. The van der Waals surface area contributed by atoms with Crippen LogP contribution < -0.4 is 0 Å². The third-order valence-corrected chi connectivity index (χ3v) is 4.03. The molecule has 0 heterocycles. The van der Waals surface area contributed by atoms with Gasteiger partial charge in [0.05, 0.1) is 13.0 Å². The number of rotatable bonds is 9. The molecule has 136 valence electrons. The zero-order chi connectivity index (χ0) is 18.2. The number of carbonyl (C=O) groups excluding carboxylic acids is 1. The fourth-order valence-corrected chi connectivity index (χ4v) is 3.11. The van der Waals surface area contributed by atoms with Crippen molar-refractivity contribution >= 4 is 5.97 Å². The lowest BCUT2D eigenvalue weighted by Crippen LogP contribution is -2.40. The molecule has 2 atom stereocenters. The second-order valence-corrected chi connectivity index (χ2v) is 7.38. The summed E-state index contributed by atoms with van der Waals surface area (Å²) in [5.74, 6) is -0.0420. The Labute approximate surface area is 147 Å². The monoisotopic (exact) mass is 335 g/mol. The van der Waals surface area contributed by atoms with Crippen LogP contribution in [0.2, 0.25) is 0 Å². The molecule has 1 aromatic rings. The number of carbonyl (C=O) groups is 1. The van der Waals surface area contributed by atoms with E-state index in [9.17, 15) is 4.79 Å². The van der Waals surface area contributed by atoms with Crippen molar-refractivity contribution in [2.45, 2.75) is 58.7 Å². The predicted octanol–water partition coefficient (Wildman–Crippen LogP) is 3.89. The lowest BCUT2D eigenvalue weighted by Gasteiger charge is -2.34. The number of nitrogens with zero attached hydrogens (tertiary/aromatic N) is 1. The van der Waals surface area contributed by atoms with Crippen molar-refractivity contribution in [3.63, 3.8) is 0 Å². The van der Waals surface area contributed by atoms with Gasteiger partial charge in [-0.2, -0.15) is 0 Å². The van der Waals surface area contributed by atoms with Crippen molar-refractivity contribution in [3.8, 4) is 0 Å². The Bertz CT molecular complexity index is 481. The molecule has 1 aromatic carbocycles. The van der Waals surface area contributed by atoms with Crippen molar-refractivity contribution in [3.05, 3.63) is 35.9 Å². The van der Waals surface area contributed by atoms with E-state index in [0.717, 1.165) is 13.0 Å². The molecular formula is C20H33NO3. The summed E-state index contributed by atoms with van der Waals surface area (Å²) in [6.45, 7) is 9.26. The van der Waals surface area contributed by atoms with E-state index in [0.29, 0.717) is 13.0 Å². The number of hydrogen-bond acceptors (Lipinski definition) is 4. The summed E-state index contributed by atoms with van der Waals surface area (Å²) < 4.78 is 10.9. The van der Waals surface area contributed by atoms with Crippen molar-refractivity contribution in [2.75, 3.05) is 20.8 Å². The maximum atomic E-state index is 12.2. The topological polar surface area (TPSA) is 38.8 Å². The van der Waals surface area contributed by atoms with E-state index < -0.39 is 5.60 Å². The van der Waals surface area contributed by atoms with E-state index in [2.05, 4.69) is 43.1 Å². The first-order chi connectivity index (χ1) is 11.3. The SMILES string of the molecule is CCC(C(COC)CC(=O)OC(C)(C)C)N(C)Cc1ccccc1. The maximum absolute atomic E-state index is 12.2. The standard InChI is InChI=1S/C20H33NO3/c1-7-18(21(5)14-16-11-9-8-10-12-16)17(15-23-6)13-19(22)24-20(2,3)4/h8-12,17-18H,7,13-15H2,1-6H3. The number of methoxy groups -OCH3 is 1. The Morgan fingerprint density at radius 3 is 2.33 bits per heavy atom. The first-order valence-electron chi connectivity index (χ1n) is 8.71. The molecule has 24 heavy (non-hydrogen) atoms. The van der Waals surface area contributed by atoms with Crippen molar-refractivity contribution in [1.82, 2.24) is 4.90 Å². The van der Waals surface area contributed by atoms with Gasteiger partial charge in [-0.3, -0.25) is 9.69 Å². The molecular weight excluding hydrogens is 302 g/mol. The minimum Gasteiger partial charge on any atom is -0.460 e. The molecule has 0 saturated carbocycles. The first-order valence-corrected chi connectivity index (χ1v) is 8.71. The lowest BCUT2D eigenvalue weighted by atomic mass is 9.93. The third kappa shape index (κ3) is 7.45. The van der Waals surface area contributed by atoms with Gasteiger partial charge in [-0.1, -0.05) is 37.3 Å². The van der Waals surface area contributed by atoms with Crippen molar-refractivity contribution in [1.29, 1.82) is 0 Å². The van der Waals surface area contributed by atoms with Gasteiger partial charge < -0.3 is 9.47 Å². The average Bonchev–Trinajstić information content (AvgIpc) is 2.47. The molecule has 4 heteroatoms. The van der Waals surface area contributed by atoms with E-state index in [4.69, 9.17) is 9.47 Å². The summed E-state index contributed by atoms with van der Waals surface area (Å²) in [7, 11) is 3.80.